The molecule has 1 saturated heterocycles. The van der Waals surface area contributed by atoms with Crippen molar-refractivity contribution in [1.82, 2.24) is 10.2 Å². The lowest BCUT2D eigenvalue weighted by molar-refractivity contribution is -0.145. The van der Waals surface area contributed by atoms with Crippen molar-refractivity contribution in [2.24, 2.45) is 5.92 Å². The first-order valence-corrected chi connectivity index (χ1v) is 7.02. The molecule has 0 saturated carbocycles. The first-order valence-electron chi connectivity index (χ1n) is 5.63. The van der Waals surface area contributed by atoms with Gasteiger partial charge < -0.3 is 10.2 Å². The first kappa shape index (κ1) is 13.4. The highest BCUT2D eigenvalue weighted by Crippen LogP contribution is 2.11. The Bertz CT molecular complexity index is 269. The number of nitrogens with zero attached hydrogens (tertiary/aromatic N) is 1. The van der Waals surface area contributed by atoms with Crippen molar-refractivity contribution in [3.63, 3.8) is 0 Å². The predicted octanol–water partition coefficient (Wildman–Crippen LogP) is 0.722. The molecule has 1 unspecified atom stereocenters. The normalized spacial score (nSPS) is 21.5. The van der Waals surface area contributed by atoms with Crippen LogP contribution in [0, 0.1) is 5.92 Å². The van der Waals surface area contributed by atoms with Gasteiger partial charge in [-0.05, 0) is 24.3 Å². The molecule has 5 heteroatoms. The predicted molar refractivity (Wildman–Crippen MR) is 66.3 cm³/mol. The Labute approximate surface area is 101 Å². The number of hydrogen-bond donors (Lipinski definition) is 1. The average molecular weight is 244 g/mol. The zero-order valence-corrected chi connectivity index (χ0v) is 11.0. The van der Waals surface area contributed by atoms with Gasteiger partial charge in [0.2, 0.25) is 11.8 Å². The molecule has 0 bridgehead atoms. The summed E-state index contributed by atoms with van der Waals surface area (Å²) in [5, 5.41) is 2.75. The van der Waals surface area contributed by atoms with Crippen LogP contribution in [0.5, 0.6) is 0 Å². The van der Waals surface area contributed by atoms with Crippen LogP contribution in [-0.4, -0.2) is 47.9 Å². The van der Waals surface area contributed by atoms with E-state index in [1.165, 1.54) is 0 Å². The molecule has 2 amide bonds. The van der Waals surface area contributed by atoms with E-state index < -0.39 is 0 Å². The maximum Gasteiger partial charge on any atom is 0.245 e. The topological polar surface area (TPSA) is 49.4 Å². The van der Waals surface area contributed by atoms with Crippen molar-refractivity contribution in [3.05, 3.63) is 0 Å². The highest BCUT2D eigenvalue weighted by molar-refractivity contribution is 7.98. The molecule has 1 atom stereocenters. The Morgan fingerprint density at radius 3 is 2.75 bits per heavy atom. The minimum absolute atomic E-state index is 0.0394. The Morgan fingerprint density at radius 2 is 2.19 bits per heavy atom. The van der Waals surface area contributed by atoms with E-state index in [2.05, 4.69) is 5.32 Å². The smallest absolute Gasteiger partial charge is 0.245 e. The second-order valence-electron chi connectivity index (χ2n) is 4.40. The van der Waals surface area contributed by atoms with Gasteiger partial charge >= 0.3 is 0 Å². The van der Waals surface area contributed by atoms with E-state index in [-0.39, 0.29) is 30.3 Å². The van der Waals surface area contributed by atoms with Crippen molar-refractivity contribution in [2.75, 3.05) is 25.1 Å². The number of piperazine rings is 1. The van der Waals surface area contributed by atoms with Gasteiger partial charge in [-0.2, -0.15) is 11.8 Å². The lowest BCUT2D eigenvalue weighted by atomic mass is 10.0. The molecule has 0 aromatic rings. The van der Waals surface area contributed by atoms with Gasteiger partial charge in [-0.25, -0.2) is 0 Å². The van der Waals surface area contributed by atoms with Gasteiger partial charge in [-0.3, -0.25) is 9.59 Å². The Hall–Kier alpha value is -0.710. The van der Waals surface area contributed by atoms with Crippen LogP contribution in [-0.2, 0) is 9.59 Å². The van der Waals surface area contributed by atoms with Crippen LogP contribution in [0.1, 0.15) is 20.3 Å². The molecular weight excluding hydrogens is 224 g/mol. The molecule has 1 N–H and O–H groups in total. The number of thioether (sulfide) groups is 1. The van der Waals surface area contributed by atoms with Crippen molar-refractivity contribution >= 4 is 23.6 Å². The zero-order valence-electron chi connectivity index (χ0n) is 10.2. The molecule has 0 aromatic carbocycles. The van der Waals surface area contributed by atoms with Crippen LogP contribution in [0.15, 0.2) is 0 Å². The number of carbonyl (C=O) groups is 2. The van der Waals surface area contributed by atoms with Gasteiger partial charge in [0.1, 0.15) is 6.04 Å². The van der Waals surface area contributed by atoms with E-state index in [9.17, 15) is 9.59 Å². The maximum atomic E-state index is 12.0. The summed E-state index contributed by atoms with van der Waals surface area (Å²) < 4.78 is 0. The number of hydrogen-bond acceptors (Lipinski definition) is 3. The average Bonchev–Trinajstić information content (AvgIpc) is 2.22. The third-order valence-corrected chi connectivity index (χ3v) is 3.37. The molecule has 1 aliphatic rings. The minimum Gasteiger partial charge on any atom is -0.343 e. The second kappa shape index (κ2) is 6.13. The fraction of sp³-hybridized carbons (Fsp3) is 0.818. The van der Waals surface area contributed by atoms with Crippen LogP contribution >= 0.6 is 11.8 Å². The summed E-state index contributed by atoms with van der Waals surface area (Å²) in [5.41, 5.74) is 0. The summed E-state index contributed by atoms with van der Waals surface area (Å²) in [7, 11) is 0. The Morgan fingerprint density at radius 1 is 1.50 bits per heavy atom. The molecule has 1 heterocycles. The van der Waals surface area contributed by atoms with Gasteiger partial charge in [0.25, 0.3) is 0 Å². The Balaban J connectivity index is 2.55. The van der Waals surface area contributed by atoms with Crippen molar-refractivity contribution < 1.29 is 9.59 Å². The van der Waals surface area contributed by atoms with Crippen molar-refractivity contribution in [3.8, 4) is 0 Å². The summed E-state index contributed by atoms with van der Waals surface area (Å²) in [6.45, 7) is 4.81. The zero-order chi connectivity index (χ0) is 12.1. The summed E-state index contributed by atoms with van der Waals surface area (Å²) in [6.07, 6.45) is 2.99. The molecule has 0 radical (unpaired) electrons. The molecule has 0 spiro atoms. The minimum atomic E-state index is -0.337. The van der Waals surface area contributed by atoms with E-state index in [0.29, 0.717) is 6.54 Å². The molecule has 0 aromatic heterocycles. The molecule has 4 nitrogen and oxygen atoms in total. The van der Waals surface area contributed by atoms with Crippen LogP contribution in [0.2, 0.25) is 0 Å². The summed E-state index contributed by atoms with van der Waals surface area (Å²) in [6, 6.07) is -0.337. The maximum absolute atomic E-state index is 12.0. The molecular formula is C11H20N2O2S. The second-order valence-corrected chi connectivity index (χ2v) is 5.38. The van der Waals surface area contributed by atoms with Gasteiger partial charge in [-0.15, -0.1) is 0 Å². The van der Waals surface area contributed by atoms with Gasteiger partial charge in [0.15, 0.2) is 0 Å². The molecule has 92 valence electrons. The SMILES string of the molecule is CSCCCN1CC(=O)NC(C(C)C)C1=O. The van der Waals surface area contributed by atoms with E-state index in [1.54, 1.807) is 16.7 Å². The van der Waals surface area contributed by atoms with Crippen LogP contribution in [0.3, 0.4) is 0 Å². The fourth-order valence-electron chi connectivity index (χ4n) is 1.77. The molecule has 1 rings (SSSR count). The number of nitrogens with one attached hydrogen (secondary N) is 1. The molecule has 1 aliphatic heterocycles. The van der Waals surface area contributed by atoms with Crippen LogP contribution < -0.4 is 5.32 Å². The van der Waals surface area contributed by atoms with E-state index >= 15 is 0 Å². The van der Waals surface area contributed by atoms with E-state index in [1.807, 2.05) is 20.1 Å². The highest BCUT2D eigenvalue weighted by atomic mass is 32.2. The molecule has 1 fully saturated rings. The fourth-order valence-corrected chi connectivity index (χ4v) is 2.19. The van der Waals surface area contributed by atoms with Crippen LogP contribution in [0.25, 0.3) is 0 Å². The summed E-state index contributed by atoms with van der Waals surface area (Å²) in [5.74, 6) is 1.20. The van der Waals surface area contributed by atoms with Gasteiger partial charge in [-0.1, -0.05) is 13.8 Å². The quantitative estimate of drug-likeness (QED) is 0.725. The van der Waals surface area contributed by atoms with E-state index in [0.717, 1.165) is 12.2 Å². The van der Waals surface area contributed by atoms with Crippen molar-refractivity contribution in [2.45, 2.75) is 26.3 Å². The van der Waals surface area contributed by atoms with Gasteiger partial charge in [0.05, 0.1) is 6.54 Å². The summed E-state index contributed by atoms with van der Waals surface area (Å²) >= 11 is 1.76. The lowest BCUT2D eigenvalue weighted by Crippen LogP contribution is -2.59. The standard InChI is InChI=1S/C11H20N2O2S/c1-8(2)10-11(15)13(5-4-6-16-3)7-9(14)12-10/h8,10H,4-7H2,1-3H3,(H,12,14). The summed E-state index contributed by atoms with van der Waals surface area (Å²) in [4.78, 5) is 25.1. The number of rotatable bonds is 5. The number of amides is 2. The van der Waals surface area contributed by atoms with Crippen molar-refractivity contribution in [1.29, 1.82) is 0 Å². The first-order chi connectivity index (χ1) is 7.56. The number of carbonyl (C=O) groups excluding carboxylic acids is 2. The van der Waals surface area contributed by atoms with Gasteiger partial charge in [0, 0.05) is 6.54 Å². The third kappa shape index (κ3) is 3.40. The molecule has 0 aliphatic carbocycles. The molecule has 16 heavy (non-hydrogen) atoms. The Kier molecular flexibility index (Phi) is 5.12. The highest BCUT2D eigenvalue weighted by Gasteiger charge is 2.33. The van der Waals surface area contributed by atoms with E-state index in [4.69, 9.17) is 0 Å². The van der Waals surface area contributed by atoms with Crippen LogP contribution in [0.4, 0.5) is 0 Å². The monoisotopic (exact) mass is 244 g/mol. The lowest BCUT2D eigenvalue weighted by Gasteiger charge is -2.34. The third-order valence-electron chi connectivity index (χ3n) is 2.67. The largest absolute Gasteiger partial charge is 0.343 e.